The van der Waals surface area contributed by atoms with E-state index in [0.717, 1.165) is 16.8 Å². The molecule has 0 saturated carbocycles. The molecule has 24 heavy (non-hydrogen) atoms. The van der Waals surface area contributed by atoms with E-state index in [-0.39, 0.29) is 5.56 Å². The average molecular weight is 319 g/mol. The van der Waals surface area contributed by atoms with Crippen LogP contribution in [0.1, 0.15) is 11.3 Å². The van der Waals surface area contributed by atoms with Gasteiger partial charge in [-0.15, -0.1) is 5.10 Å². The van der Waals surface area contributed by atoms with Crippen LogP contribution in [-0.4, -0.2) is 24.1 Å². The smallest absolute Gasteiger partial charge is 0.275 e. The van der Waals surface area contributed by atoms with Gasteiger partial charge in [-0.2, -0.15) is 0 Å². The van der Waals surface area contributed by atoms with E-state index in [9.17, 15) is 4.79 Å². The number of hydrogen-bond donors (Lipinski definition) is 0. The van der Waals surface area contributed by atoms with Crippen LogP contribution in [-0.2, 0) is 13.6 Å². The van der Waals surface area contributed by atoms with Gasteiger partial charge in [-0.1, -0.05) is 22.9 Å². The van der Waals surface area contributed by atoms with Crippen LogP contribution < -0.4 is 5.56 Å². The van der Waals surface area contributed by atoms with E-state index in [4.69, 9.17) is 0 Å². The van der Waals surface area contributed by atoms with Crippen molar-refractivity contribution in [2.75, 3.05) is 0 Å². The maximum absolute atomic E-state index is 12.6. The zero-order valence-electron chi connectivity index (χ0n) is 13.5. The van der Waals surface area contributed by atoms with Crippen LogP contribution in [0.25, 0.3) is 16.6 Å². The van der Waals surface area contributed by atoms with Gasteiger partial charge in [0.2, 0.25) is 0 Å². The van der Waals surface area contributed by atoms with Crippen molar-refractivity contribution >= 4 is 10.9 Å². The molecule has 1 aromatic carbocycles. The number of rotatable bonds is 3. The SMILES string of the molecule is Cc1ccc(-n2cc(Cn3ccc4ccn(C)c4c3=O)nn2)cc1. The fourth-order valence-electron chi connectivity index (χ4n) is 2.83. The second-order valence-corrected chi connectivity index (χ2v) is 5.97. The highest BCUT2D eigenvalue weighted by molar-refractivity contribution is 5.78. The number of aromatic nitrogens is 5. The lowest BCUT2D eigenvalue weighted by molar-refractivity contribution is 0.732. The second-order valence-electron chi connectivity index (χ2n) is 5.97. The minimum Gasteiger partial charge on any atom is -0.346 e. The molecule has 3 heterocycles. The van der Waals surface area contributed by atoms with Gasteiger partial charge in [0.1, 0.15) is 11.2 Å². The van der Waals surface area contributed by atoms with Crippen LogP contribution in [0.2, 0.25) is 0 Å². The van der Waals surface area contributed by atoms with Crippen LogP contribution in [0.3, 0.4) is 0 Å². The molecular formula is C18H17N5O. The average Bonchev–Trinajstić information content (AvgIpc) is 3.18. The molecule has 0 bridgehead atoms. The molecule has 0 fully saturated rings. The fourth-order valence-corrected chi connectivity index (χ4v) is 2.83. The molecule has 6 nitrogen and oxygen atoms in total. The summed E-state index contributed by atoms with van der Waals surface area (Å²) in [5.74, 6) is 0. The predicted octanol–water partition coefficient (Wildman–Crippen LogP) is 2.28. The minimum absolute atomic E-state index is 0.0233. The molecule has 4 rings (SSSR count). The first-order valence-electron chi connectivity index (χ1n) is 7.74. The predicted molar refractivity (Wildman–Crippen MR) is 92.4 cm³/mol. The summed E-state index contributed by atoms with van der Waals surface area (Å²) in [4.78, 5) is 12.6. The van der Waals surface area contributed by atoms with Crippen molar-refractivity contribution in [3.63, 3.8) is 0 Å². The van der Waals surface area contributed by atoms with Gasteiger partial charge < -0.3 is 9.13 Å². The summed E-state index contributed by atoms with van der Waals surface area (Å²) < 4.78 is 5.23. The summed E-state index contributed by atoms with van der Waals surface area (Å²) in [6, 6.07) is 11.9. The van der Waals surface area contributed by atoms with Crippen molar-refractivity contribution in [2.24, 2.45) is 7.05 Å². The Kier molecular flexibility index (Phi) is 3.30. The number of fused-ring (bicyclic) bond motifs is 1. The lowest BCUT2D eigenvalue weighted by Gasteiger charge is -2.04. The van der Waals surface area contributed by atoms with Crippen LogP contribution in [0.15, 0.2) is 59.8 Å². The Morgan fingerprint density at radius 2 is 1.79 bits per heavy atom. The summed E-state index contributed by atoms with van der Waals surface area (Å²) in [5.41, 5.74) is 3.56. The van der Waals surface area contributed by atoms with Crippen molar-refractivity contribution in [1.29, 1.82) is 0 Å². The van der Waals surface area contributed by atoms with Crippen molar-refractivity contribution in [3.05, 3.63) is 76.6 Å². The first kappa shape index (κ1) is 14.4. The Labute approximate surface area is 138 Å². The maximum atomic E-state index is 12.6. The molecule has 0 aliphatic carbocycles. The van der Waals surface area contributed by atoms with E-state index in [1.54, 1.807) is 15.4 Å². The van der Waals surface area contributed by atoms with E-state index in [0.29, 0.717) is 12.1 Å². The Hall–Kier alpha value is -3.15. The summed E-state index contributed by atoms with van der Waals surface area (Å²) >= 11 is 0. The Bertz CT molecular complexity index is 1070. The van der Waals surface area contributed by atoms with Crippen LogP contribution in [0, 0.1) is 6.92 Å². The zero-order chi connectivity index (χ0) is 16.7. The Morgan fingerprint density at radius 1 is 1.04 bits per heavy atom. The number of hydrogen-bond acceptors (Lipinski definition) is 3. The van der Waals surface area contributed by atoms with Crippen molar-refractivity contribution in [1.82, 2.24) is 24.1 Å². The third kappa shape index (κ3) is 2.42. The molecular weight excluding hydrogens is 302 g/mol. The molecule has 4 aromatic rings. The molecule has 0 spiro atoms. The topological polar surface area (TPSA) is 57.6 Å². The number of nitrogens with zero attached hydrogens (tertiary/aromatic N) is 5. The van der Waals surface area contributed by atoms with E-state index < -0.39 is 0 Å². The van der Waals surface area contributed by atoms with E-state index in [2.05, 4.69) is 10.3 Å². The molecule has 6 heteroatoms. The van der Waals surface area contributed by atoms with Crippen LogP contribution in [0.4, 0.5) is 0 Å². The third-order valence-corrected chi connectivity index (χ3v) is 4.17. The van der Waals surface area contributed by atoms with E-state index >= 15 is 0 Å². The summed E-state index contributed by atoms with van der Waals surface area (Å²) in [7, 11) is 1.88. The molecule has 120 valence electrons. The fraction of sp³-hybridized carbons (Fsp3) is 0.167. The molecule has 0 atom stereocenters. The Morgan fingerprint density at radius 3 is 2.58 bits per heavy atom. The van der Waals surface area contributed by atoms with Gasteiger partial charge >= 0.3 is 0 Å². The summed E-state index contributed by atoms with van der Waals surface area (Å²) in [5, 5.41) is 9.29. The molecule has 0 amide bonds. The largest absolute Gasteiger partial charge is 0.346 e. The highest BCUT2D eigenvalue weighted by Crippen LogP contribution is 2.11. The lowest BCUT2D eigenvalue weighted by Crippen LogP contribution is -2.21. The normalized spacial score (nSPS) is 11.2. The second kappa shape index (κ2) is 5.49. The monoisotopic (exact) mass is 319 g/mol. The molecule has 0 saturated heterocycles. The molecule has 0 N–H and O–H groups in total. The first-order chi connectivity index (χ1) is 11.6. The maximum Gasteiger partial charge on any atom is 0.275 e. The van der Waals surface area contributed by atoms with Crippen LogP contribution in [0.5, 0.6) is 0 Å². The molecule has 3 aromatic heterocycles. The highest BCUT2D eigenvalue weighted by Gasteiger charge is 2.09. The molecule has 0 radical (unpaired) electrons. The number of benzene rings is 1. The third-order valence-electron chi connectivity index (χ3n) is 4.17. The van der Waals surface area contributed by atoms with Gasteiger partial charge in [0.15, 0.2) is 0 Å². The first-order valence-corrected chi connectivity index (χ1v) is 7.74. The summed E-state index contributed by atoms with van der Waals surface area (Å²) in [6.07, 6.45) is 5.55. The summed E-state index contributed by atoms with van der Waals surface area (Å²) in [6.45, 7) is 2.44. The van der Waals surface area contributed by atoms with E-state index in [1.165, 1.54) is 5.56 Å². The zero-order valence-corrected chi connectivity index (χ0v) is 13.5. The molecule has 0 unspecified atom stereocenters. The van der Waals surface area contributed by atoms with Crippen molar-refractivity contribution < 1.29 is 0 Å². The van der Waals surface area contributed by atoms with Crippen LogP contribution >= 0.6 is 0 Å². The van der Waals surface area contributed by atoms with Crippen molar-refractivity contribution in [3.8, 4) is 5.69 Å². The van der Waals surface area contributed by atoms with Gasteiger partial charge in [-0.25, -0.2) is 4.68 Å². The quantitative estimate of drug-likeness (QED) is 0.582. The van der Waals surface area contributed by atoms with E-state index in [1.807, 2.05) is 67.3 Å². The van der Waals surface area contributed by atoms with Crippen molar-refractivity contribution in [2.45, 2.75) is 13.5 Å². The minimum atomic E-state index is -0.0233. The number of aryl methyl sites for hydroxylation is 2. The highest BCUT2D eigenvalue weighted by atomic mass is 16.1. The molecule has 0 aliphatic heterocycles. The van der Waals surface area contributed by atoms with Gasteiger partial charge in [-0.05, 0) is 31.2 Å². The number of pyridine rings is 1. The van der Waals surface area contributed by atoms with Gasteiger partial charge in [0.05, 0.1) is 18.4 Å². The standard InChI is InChI=1S/C18H17N5O/c1-13-3-5-16(6-4-13)23-12-15(19-20-23)11-22-10-8-14-7-9-21(2)17(14)18(22)24/h3-10,12H,11H2,1-2H3. The van der Waals surface area contributed by atoms with Gasteiger partial charge in [0, 0.05) is 24.8 Å². The lowest BCUT2D eigenvalue weighted by atomic mass is 10.2. The molecule has 0 aliphatic rings. The Balaban J connectivity index is 1.67. The van der Waals surface area contributed by atoms with Gasteiger partial charge in [0.25, 0.3) is 5.56 Å². The van der Waals surface area contributed by atoms with Gasteiger partial charge in [-0.3, -0.25) is 4.79 Å².